The number of hydrogen-bond donors (Lipinski definition) is 6. The van der Waals surface area contributed by atoms with Crippen molar-refractivity contribution in [1.29, 1.82) is 0 Å². The molecule has 4 amide bonds. The number of methoxy groups -OCH3 is 3. The number of nitrogens with one attached hydrogen (secondary N) is 2. The summed E-state index contributed by atoms with van der Waals surface area (Å²) in [6.45, 7) is 19.9. The number of aliphatic hydroxyl groups excluding tert-OH is 3. The number of nitrogen functional groups attached to an aromatic ring is 1. The third-order valence-electron chi connectivity index (χ3n) is 16.7. The smallest absolute Gasteiger partial charge is 0.303 e. The Morgan fingerprint density at radius 3 is 1.18 bits per heavy atom. The first-order chi connectivity index (χ1) is 57.6. The van der Waals surface area contributed by atoms with Gasteiger partial charge in [0.1, 0.15) is 64.5 Å². The lowest BCUT2D eigenvalue weighted by Crippen LogP contribution is -2.60. The Hall–Kier alpha value is -13.6. The number of aliphatic imine (C=N–C) groups is 1. The van der Waals surface area contributed by atoms with Crippen molar-refractivity contribution in [3.8, 4) is 11.5 Å². The highest BCUT2D eigenvalue weighted by molar-refractivity contribution is 6.64. The van der Waals surface area contributed by atoms with Crippen LogP contribution in [0.1, 0.15) is 137 Å². The number of hydrogen-bond acceptors (Lipinski definition) is 29. The molecule has 7 N–H and O–H groups in total. The van der Waals surface area contributed by atoms with Gasteiger partial charge in [0.2, 0.25) is 18.3 Å². The van der Waals surface area contributed by atoms with Crippen LogP contribution in [0.25, 0.3) is 0 Å². The Morgan fingerprint density at radius 1 is 0.521 bits per heavy atom. The summed E-state index contributed by atoms with van der Waals surface area (Å²) in [6.07, 6.45) is 8.02. The van der Waals surface area contributed by atoms with E-state index in [0.717, 1.165) is 45.5 Å². The Balaban J connectivity index is 0.000000292. The van der Waals surface area contributed by atoms with Crippen LogP contribution >= 0.6 is 11.6 Å². The second kappa shape index (κ2) is 53.0. The van der Waals surface area contributed by atoms with Gasteiger partial charge in [-0.05, 0) is 195 Å². The average molecular weight is 1700 g/mol. The summed E-state index contributed by atoms with van der Waals surface area (Å²) in [4.78, 5) is 118. The van der Waals surface area contributed by atoms with E-state index in [-0.39, 0.29) is 63.0 Å². The van der Waals surface area contributed by atoms with Crippen molar-refractivity contribution in [2.75, 3.05) is 63.1 Å². The van der Waals surface area contributed by atoms with Gasteiger partial charge in [-0.15, -0.1) is 0 Å². The van der Waals surface area contributed by atoms with Gasteiger partial charge in [0, 0.05) is 44.8 Å². The number of rotatable bonds is 22. The zero-order valence-corrected chi connectivity index (χ0v) is 68.6. The van der Waals surface area contributed by atoms with E-state index in [0.29, 0.717) is 46.5 Å². The normalized spacial score (nSPS) is 17.0. The standard InChI is InChI=1S/2C16H15NO5.C12H11NO2.C9H9NO4.C7H7NO3.C7H9NO.C6H15N.C5H4O2.C4H5ClO3.C4H8O.CH4/c2*1-10(19)22-15-14(13-3-2-8-21-13)17(16(15)20)12-6-4-11(9-18)5-7-12;1-14-11-6-4-10(5-7-11)13-9-12-3-2-8-15-12;1-5(11)14-8-7(10-9(8)12)6-3-2-4-13-6;9-6-5(8-7(6)10)4-2-1-3-11-4;1-9-7-4-2-6(8)3-5-7;1-4-7(5-2)6-3;6-4-5-2-1-3-7-5;1-3(6)8-2-4(5)7;1-4(2)5-3;/h2*2-8,14-15,18H,9H2,1H3;2-9H,1H3;2-4,7-8H,1H3,(H,10,12);1-3,5-6,9H,(H,8,10);2-5H,8H2,1H3;4-6H2,1-3H3;1-4H;2H2,1H3;1H2,2-3H3;1H4/t2*14-,15+;;7-,8+;5-,6+;;;;;;/m00.00....../s1. The van der Waals surface area contributed by atoms with Crippen molar-refractivity contribution >= 4 is 99.6 Å². The monoisotopic (exact) mass is 1700 g/mol. The molecule has 34 heteroatoms. The van der Waals surface area contributed by atoms with E-state index in [1.807, 2.05) is 48.5 Å². The van der Waals surface area contributed by atoms with Crippen LogP contribution in [0.15, 0.2) is 251 Å². The molecule has 4 aromatic carbocycles. The van der Waals surface area contributed by atoms with Gasteiger partial charge in [-0.3, -0.25) is 62.7 Å². The number of esters is 4. The molecular formula is C87H102ClN7O26. The summed E-state index contributed by atoms with van der Waals surface area (Å²) >= 11 is 4.81. The number of amides is 4. The fourth-order valence-electron chi connectivity index (χ4n) is 10.5. The number of benzene rings is 4. The molecule has 14 rings (SSSR count). The van der Waals surface area contributed by atoms with Gasteiger partial charge in [0.15, 0.2) is 24.8 Å². The van der Waals surface area contributed by atoms with Crippen LogP contribution in [0.5, 0.6) is 11.5 Å². The molecular weight excluding hydrogens is 1590 g/mol. The summed E-state index contributed by atoms with van der Waals surface area (Å²) in [5.74, 6) is 2.61. The van der Waals surface area contributed by atoms with Gasteiger partial charge in [0.05, 0.1) is 89.8 Å². The number of aliphatic hydroxyl groups is 3. The number of carbonyl (C=O) groups excluding carboxylic acids is 10. The van der Waals surface area contributed by atoms with Gasteiger partial charge < -0.3 is 96.2 Å². The first kappa shape index (κ1) is 99.8. The number of β-lactam (4-membered cyclic amide) rings is 4. The molecule has 0 unspecified atom stereocenters. The summed E-state index contributed by atoms with van der Waals surface area (Å²) in [6, 6.07) is 47.8. The fraction of sp³-hybridized carbons (Fsp3) is 0.299. The summed E-state index contributed by atoms with van der Waals surface area (Å²) < 4.78 is 64.3. The molecule has 0 bridgehead atoms. The van der Waals surface area contributed by atoms with Gasteiger partial charge in [-0.2, -0.15) is 0 Å². The number of nitrogens with two attached hydrogens (primary N) is 1. The molecule has 8 atom stereocenters. The first-order valence-corrected chi connectivity index (χ1v) is 37.3. The van der Waals surface area contributed by atoms with E-state index in [9.17, 15) is 47.9 Å². The Labute approximate surface area is 704 Å². The minimum Gasteiger partial charge on any atom is -0.502 e. The molecule has 0 spiro atoms. The van der Waals surface area contributed by atoms with Crippen LogP contribution in [0.2, 0.25) is 0 Å². The average Bonchev–Trinajstić information content (AvgIpc) is 1.64. The van der Waals surface area contributed by atoms with Gasteiger partial charge in [0.25, 0.3) is 28.9 Å². The zero-order valence-electron chi connectivity index (χ0n) is 67.8. The maximum atomic E-state index is 12.3. The Morgan fingerprint density at radius 2 is 0.893 bits per heavy atom. The molecule has 10 heterocycles. The van der Waals surface area contributed by atoms with Gasteiger partial charge >= 0.3 is 23.9 Å². The highest BCUT2D eigenvalue weighted by atomic mass is 35.5. The Kier molecular flexibility index (Phi) is 43.7. The fourth-order valence-corrected chi connectivity index (χ4v) is 10.5. The van der Waals surface area contributed by atoms with E-state index in [1.54, 1.807) is 162 Å². The number of anilines is 3. The Bertz CT molecular complexity index is 4590. The predicted octanol–water partition coefficient (Wildman–Crippen LogP) is 12.7. The highest BCUT2D eigenvalue weighted by Crippen LogP contribution is 2.43. The lowest BCUT2D eigenvalue weighted by molar-refractivity contribution is -0.165. The van der Waals surface area contributed by atoms with Crippen molar-refractivity contribution in [3.63, 3.8) is 0 Å². The molecule has 4 aliphatic rings. The quantitative estimate of drug-likeness (QED) is 0.00536. The first-order valence-electron chi connectivity index (χ1n) is 36.9. The van der Waals surface area contributed by atoms with Crippen molar-refractivity contribution in [3.05, 3.63) is 265 Å². The maximum Gasteiger partial charge on any atom is 0.303 e. The highest BCUT2D eigenvalue weighted by Gasteiger charge is 2.54. The third-order valence-corrected chi connectivity index (χ3v) is 16.8. The van der Waals surface area contributed by atoms with Crippen LogP contribution < -0.4 is 35.6 Å². The topological polar surface area (TPSA) is 447 Å². The van der Waals surface area contributed by atoms with E-state index >= 15 is 0 Å². The van der Waals surface area contributed by atoms with Crippen molar-refractivity contribution < 1.29 is 123 Å². The molecule has 0 radical (unpaired) electrons. The molecule has 6 aromatic heterocycles. The molecule has 33 nitrogen and oxygen atoms in total. The van der Waals surface area contributed by atoms with Crippen molar-refractivity contribution in [1.82, 2.24) is 15.5 Å². The lowest BCUT2D eigenvalue weighted by Gasteiger charge is -2.44. The number of aldehydes is 1. The van der Waals surface area contributed by atoms with Crippen LogP contribution in [0.4, 0.5) is 22.7 Å². The largest absolute Gasteiger partial charge is 0.502 e. The molecule has 10 aromatic rings. The maximum absolute atomic E-state index is 12.3. The zero-order chi connectivity index (χ0) is 88.2. The predicted molar refractivity (Wildman–Crippen MR) is 444 cm³/mol. The number of allylic oxidation sites excluding steroid dienone is 1. The molecule has 0 saturated carbocycles. The van der Waals surface area contributed by atoms with Crippen molar-refractivity contribution in [2.24, 2.45) is 4.99 Å². The minimum atomic E-state index is -0.943. The van der Waals surface area contributed by atoms with Crippen LogP contribution in [0, 0.1) is 0 Å². The van der Waals surface area contributed by atoms with Crippen LogP contribution in [-0.4, -0.2) is 157 Å². The second-order valence-electron chi connectivity index (χ2n) is 25.1. The number of nitrogens with zero attached hydrogens (tertiary/aromatic N) is 4. The minimum absolute atomic E-state index is 0. The summed E-state index contributed by atoms with van der Waals surface area (Å²) in [5.41, 5.74) is 9.88. The van der Waals surface area contributed by atoms with Gasteiger partial charge in [-0.25, -0.2) is 0 Å². The second-order valence-corrected chi connectivity index (χ2v) is 25.5. The van der Waals surface area contributed by atoms with E-state index in [1.165, 1.54) is 88.4 Å². The van der Waals surface area contributed by atoms with Crippen LogP contribution in [0.3, 0.4) is 0 Å². The van der Waals surface area contributed by atoms with Gasteiger partial charge in [-0.1, -0.05) is 59.0 Å². The molecule has 121 heavy (non-hydrogen) atoms. The number of ether oxygens (including phenoxy) is 7. The molecule has 4 saturated heterocycles. The molecule has 648 valence electrons. The van der Waals surface area contributed by atoms with E-state index in [2.05, 4.69) is 61.8 Å². The number of carbonyl (C=O) groups is 10. The van der Waals surface area contributed by atoms with Crippen molar-refractivity contribution in [2.45, 2.75) is 125 Å². The molecule has 0 aliphatic carbocycles. The van der Waals surface area contributed by atoms with E-state index < -0.39 is 65.6 Å². The van der Waals surface area contributed by atoms with Crippen LogP contribution in [-0.2, 0) is 80.0 Å². The number of furan rings is 6. The lowest BCUT2D eigenvalue weighted by atomic mass is 9.94. The molecule has 4 aliphatic heterocycles. The SMILES string of the molecule is C.C=C(C)OC.CC(=O)OCC(=O)Cl.CC(=O)O[C@H]1C(=O)N(c2ccc(CO)cc2)[C@H]1c1ccco1.CC(=O)O[C@H]1C(=O)N(c2ccc(CO)cc2)[C@H]1c1ccco1.CC(=O)O[C@H]1C(=O)N[C@H]1c1ccco1.CCN(CC)CC.COc1ccc(N)cc1.COc1ccc(N=Cc2ccco2)cc1.O=C1N[C@@H](c2ccco2)[C@H]1O.O=Cc1ccco1. The number of halogens is 1. The third kappa shape index (κ3) is 32.7. The van der Waals surface area contributed by atoms with E-state index in [4.69, 9.17) is 78.4 Å². The summed E-state index contributed by atoms with van der Waals surface area (Å²) in [7, 11) is 4.87. The summed E-state index contributed by atoms with van der Waals surface area (Å²) in [5, 5.41) is 31.7. The molecule has 4 fully saturated rings.